The number of allylic oxidation sites excluding steroid dienone is 1. The van der Waals surface area contributed by atoms with Gasteiger partial charge in [0.05, 0.1) is 5.56 Å². The lowest BCUT2D eigenvalue weighted by atomic mass is 10.1. The van der Waals surface area contributed by atoms with Crippen LogP contribution in [0.4, 0.5) is 13.2 Å². The number of rotatable bonds is 2. The molecule has 0 saturated carbocycles. The molecule has 1 aromatic carbocycles. The quantitative estimate of drug-likeness (QED) is 0.625. The van der Waals surface area contributed by atoms with Crippen LogP contribution in [0.2, 0.25) is 0 Å². The number of benzene rings is 1. The van der Waals surface area contributed by atoms with Gasteiger partial charge in [0.15, 0.2) is 0 Å². The minimum Gasteiger partial charge on any atom is -0.508 e. The largest absolute Gasteiger partial charge is 0.508 e. The molecule has 0 aromatic heterocycles. The molecule has 1 aromatic rings. The van der Waals surface area contributed by atoms with Gasteiger partial charge < -0.3 is 10.2 Å². The second-order valence-electron chi connectivity index (χ2n) is 2.94. The van der Waals surface area contributed by atoms with Crippen LogP contribution in [0.5, 0.6) is 5.75 Å². The smallest absolute Gasteiger partial charge is 0.416 e. The highest BCUT2D eigenvalue weighted by Gasteiger charge is 2.30. The van der Waals surface area contributed by atoms with E-state index in [1.165, 1.54) is 6.08 Å². The molecule has 6 heteroatoms. The van der Waals surface area contributed by atoms with Gasteiger partial charge in [-0.2, -0.15) is 13.2 Å². The number of halogens is 3. The average molecular weight is 248 g/mol. The number of hydrogen-bond acceptors (Lipinski definition) is 2. The molecule has 0 fully saturated rings. The molecule has 0 aliphatic carbocycles. The molecule has 0 atom stereocenters. The Morgan fingerprint density at radius 3 is 2.29 bits per heavy atom. The maximum absolute atomic E-state index is 12.2. The van der Waals surface area contributed by atoms with Crippen LogP contribution in [-0.2, 0) is 17.4 Å². The first kappa shape index (κ1) is 15.0. The Labute approximate surface area is 95.8 Å². The number of phenolic OH excluding ortho intramolecular Hbond substituents is 1. The van der Waals surface area contributed by atoms with E-state index in [4.69, 9.17) is 9.90 Å². The van der Waals surface area contributed by atoms with Crippen molar-refractivity contribution in [3.8, 4) is 5.75 Å². The normalized spacial score (nSPS) is 10.1. The third-order valence-corrected chi connectivity index (χ3v) is 1.77. The molecular formula is C11H11F3O3. The summed E-state index contributed by atoms with van der Waals surface area (Å²) in [6, 6.07) is 2.82. The number of alkyl halides is 3. The predicted molar refractivity (Wildman–Crippen MR) is 55.7 cm³/mol. The summed E-state index contributed by atoms with van der Waals surface area (Å²) in [7, 11) is 0. The summed E-state index contributed by atoms with van der Waals surface area (Å²) in [6.07, 6.45) is -2.71. The molecule has 17 heavy (non-hydrogen) atoms. The Balaban J connectivity index is 0.000000770. The van der Waals surface area contributed by atoms with E-state index in [-0.39, 0.29) is 24.2 Å². The molecule has 0 heterocycles. The van der Waals surface area contributed by atoms with Gasteiger partial charge >= 0.3 is 6.18 Å². The van der Waals surface area contributed by atoms with Crippen LogP contribution in [0.15, 0.2) is 30.9 Å². The molecule has 0 amide bonds. The fraction of sp³-hybridized carbons (Fsp3) is 0.182. The summed E-state index contributed by atoms with van der Waals surface area (Å²) in [6.45, 7) is 3.15. The van der Waals surface area contributed by atoms with Gasteiger partial charge in [0, 0.05) is 0 Å². The van der Waals surface area contributed by atoms with Gasteiger partial charge in [0.2, 0.25) is 0 Å². The fourth-order valence-corrected chi connectivity index (χ4v) is 1.08. The van der Waals surface area contributed by atoms with E-state index in [0.29, 0.717) is 0 Å². The molecule has 0 aliphatic rings. The summed E-state index contributed by atoms with van der Waals surface area (Å²) in [4.78, 5) is 8.36. The van der Waals surface area contributed by atoms with Crippen LogP contribution in [0.3, 0.4) is 0 Å². The Bertz CT molecular complexity index is 386. The lowest BCUT2D eigenvalue weighted by molar-refractivity contribution is -0.137. The van der Waals surface area contributed by atoms with Gasteiger partial charge in [-0.3, -0.25) is 4.79 Å². The maximum atomic E-state index is 12.2. The Morgan fingerprint density at radius 1 is 1.35 bits per heavy atom. The fourth-order valence-electron chi connectivity index (χ4n) is 1.08. The molecule has 3 nitrogen and oxygen atoms in total. The van der Waals surface area contributed by atoms with Crippen molar-refractivity contribution in [3.63, 3.8) is 0 Å². The highest BCUT2D eigenvalue weighted by molar-refractivity contribution is 5.38. The van der Waals surface area contributed by atoms with E-state index >= 15 is 0 Å². The SMILES string of the molecule is C=CCc1cc(C(F)(F)F)ccc1O.O=CO. The highest BCUT2D eigenvalue weighted by Crippen LogP contribution is 2.32. The van der Waals surface area contributed by atoms with Crippen LogP contribution < -0.4 is 0 Å². The Hall–Kier alpha value is -1.98. The van der Waals surface area contributed by atoms with Crippen LogP contribution in [0, 0.1) is 0 Å². The lowest BCUT2D eigenvalue weighted by Crippen LogP contribution is -2.05. The zero-order valence-corrected chi connectivity index (χ0v) is 8.74. The van der Waals surface area contributed by atoms with Crippen molar-refractivity contribution in [1.82, 2.24) is 0 Å². The van der Waals surface area contributed by atoms with Gasteiger partial charge in [-0.15, -0.1) is 6.58 Å². The summed E-state index contributed by atoms with van der Waals surface area (Å²) in [5, 5.41) is 16.1. The monoisotopic (exact) mass is 248 g/mol. The maximum Gasteiger partial charge on any atom is 0.416 e. The third kappa shape index (κ3) is 5.05. The van der Waals surface area contributed by atoms with E-state index in [1.807, 2.05) is 0 Å². The van der Waals surface area contributed by atoms with E-state index in [1.54, 1.807) is 0 Å². The molecule has 0 bridgehead atoms. The standard InChI is InChI=1S/C10H9F3O.CH2O2/c1-2-3-7-6-8(10(11,12)13)4-5-9(7)14;2-1-3/h2,4-6,14H,1,3H2;1H,(H,2,3). The van der Waals surface area contributed by atoms with Crippen molar-refractivity contribution in [2.45, 2.75) is 12.6 Å². The van der Waals surface area contributed by atoms with E-state index in [0.717, 1.165) is 18.2 Å². The summed E-state index contributed by atoms with van der Waals surface area (Å²) in [5.74, 6) is -0.141. The minimum absolute atomic E-state index is 0.141. The summed E-state index contributed by atoms with van der Waals surface area (Å²) >= 11 is 0. The second-order valence-corrected chi connectivity index (χ2v) is 2.94. The topological polar surface area (TPSA) is 57.5 Å². The van der Waals surface area contributed by atoms with E-state index in [9.17, 15) is 18.3 Å². The van der Waals surface area contributed by atoms with Gasteiger partial charge in [0.25, 0.3) is 6.47 Å². The van der Waals surface area contributed by atoms with Crippen molar-refractivity contribution >= 4 is 6.47 Å². The van der Waals surface area contributed by atoms with Crippen LogP contribution in [0.25, 0.3) is 0 Å². The summed E-state index contributed by atoms with van der Waals surface area (Å²) in [5.41, 5.74) is -0.526. The number of carboxylic acid groups (broad SMARTS) is 1. The lowest BCUT2D eigenvalue weighted by Gasteiger charge is -2.09. The van der Waals surface area contributed by atoms with Gasteiger partial charge in [0.1, 0.15) is 5.75 Å². The predicted octanol–water partition coefficient (Wildman–Crippen LogP) is 2.84. The van der Waals surface area contributed by atoms with Gasteiger partial charge in [-0.1, -0.05) is 6.08 Å². The number of phenols is 1. The first-order valence-electron chi connectivity index (χ1n) is 4.44. The first-order chi connectivity index (χ1) is 7.86. The highest BCUT2D eigenvalue weighted by atomic mass is 19.4. The van der Waals surface area contributed by atoms with Crippen molar-refractivity contribution in [2.24, 2.45) is 0 Å². The van der Waals surface area contributed by atoms with E-state index in [2.05, 4.69) is 6.58 Å². The van der Waals surface area contributed by atoms with Crippen molar-refractivity contribution in [2.75, 3.05) is 0 Å². The van der Waals surface area contributed by atoms with E-state index < -0.39 is 11.7 Å². The Morgan fingerprint density at radius 2 is 1.88 bits per heavy atom. The third-order valence-electron chi connectivity index (χ3n) is 1.77. The Kier molecular flexibility index (Phi) is 5.80. The zero-order chi connectivity index (χ0) is 13.5. The molecule has 0 unspecified atom stereocenters. The number of aromatic hydroxyl groups is 1. The van der Waals surface area contributed by atoms with Crippen molar-refractivity contribution in [1.29, 1.82) is 0 Å². The van der Waals surface area contributed by atoms with Crippen LogP contribution in [0.1, 0.15) is 11.1 Å². The zero-order valence-electron chi connectivity index (χ0n) is 8.74. The molecule has 0 saturated heterocycles. The van der Waals surface area contributed by atoms with Crippen molar-refractivity contribution in [3.05, 3.63) is 42.0 Å². The van der Waals surface area contributed by atoms with Crippen molar-refractivity contribution < 1.29 is 28.2 Å². The molecule has 0 aliphatic heterocycles. The molecular weight excluding hydrogens is 237 g/mol. The van der Waals surface area contributed by atoms with Crippen LogP contribution >= 0.6 is 0 Å². The second kappa shape index (κ2) is 6.57. The first-order valence-corrected chi connectivity index (χ1v) is 4.44. The average Bonchev–Trinajstić information content (AvgIpc) is 2.21. The molecule has 94 valence electrons. The number of hydrogen-bond donors (Lipinski definition) is 2. The van der Waals surface area contributed by atoms with Gasteiger partial charge in [-0.25, -0.2) is 0 Å². The molecule has 0 radical (unpaired) electrons. The summed E-state index contributed by atoms with van der Waals surface area (Å²) < 4.78 is 36.7. The van der Waals surface area contributed by atoms with Crippen LogP contribution in [-0.4, -0.2) is 16.7 Å². The molecule has 0 spiro atoms. The molecule has 1 rings (SSSR count). The van der Waals surface area contributed by atoms with Gasteiger partial charge in [-0.05, 0) is 30.2 Å². The number of carbonyl (C=O) groups is 1. The minimum atomic E-state index is -4.37. The molecule has 2 N–H and O–H groups in total.